The summed E-state index contributed by atoms with van der Waals surface area (Å²) in [5.41, 5.74) is -0.322. The number of aromatic nitrogens is 4. The lowest BCUT2D eigenvalue weighted by Gasteiger charge is -2.44. The van der Waals surface area contributed by atoms with E-state index in [0.29, 0.717) is 28.9 Å². The molecule has 0 unspecified atom stereocenters. The molecule has 3 aromatic heterocycles. The smallest absolute Gasteiger partial charge is 0.319 e. The number of ether oxygens (including phenoxy) is 1. The number of phenols is 1. The SMILES string of the molecule is C#Cc1c(F)ccc2cc(O)cc(-c3ncc4c(N5CCN(C(=O)/C(F)=C/c6nccs6)CC5)nc(OC[C@]56CCC[C@H]5N(C)CCC6)nc4c3F)c12. The number of amides is 1. The van der Waals surface area contributed by atoms with Crippen LogP contribution < -0.4 is 9.64 Å². The quantitative estimate of drug-likeness (QED) is 0.147. The summed E-state index contributed by atoms with van der Waals surface area (Å²) in [7, 11) is 2.14. The van der Waals surface area contributed by atoms with Crippen molar-refractivity contribution in [1.82, 2.24) is 29.7 Å². The maximum Gasteiger partial charge on any atom is 0.319 e. The number of halogens is 3. The zero-order valence-corrected chi connectivity index (χ0v) is 29.8. The van der Waals surface area contributed by atoms with Gasteiger partial charge in [-0.25, -0.2) is 18.2 Å². The van der Waals surface area contributed by atoms with Crippen LogP contribution in [0.1, 0.15) is 42.7 Å². The minimum atomic E-state index is -0.902. The van der Waals surface area contributed by atoms with E-state index in [0.717, 1.165) is 44.7 Å². The minimum absolute atomic E-state index is 0.0103. The number of thiazole rings is 1. The van der Waals surface area contributed by atoms with Crippen molar-refractivity contribution < 1.29 is 27.8 Å². The molecule has 2 aliphatic heterocycles. The number of aromatic hydroxyl groups is 1. The number of phenolic OH excluding ortho intramolecular Hbond substituents is 1. The molecule has 5 heterocycles. The summed E-state index contributed by atoms with van der Waals surface area (Å²) >= 11 is 1.23. The summed E-state index contributed by atoms with van der Waals surface area (Å²) in [6.45, 7) is 2.29. The number of hydrogen-bond acceptors (Lipinski definition) is 10. The fourth-order valence-corrected chi connectivity index (χ4v) is 8.96. The van der Waals surface area contributed by atoms with E-state index in [9.17, 15) is 18.7 Å². The number of benzene rings is 2. The van der Waals surface area contributed by atoms with Gasteiger partial charge in [-0.2, -0.15) is 9.97 Å². The maximum atomic E-state index is 17.0. The van der Waals surface area contributed by atoms with Gasteiger partial charge in [-0.15, -0.1) is 17.8 Å². The summed E-state index contributed by atoms with van der Waals surface area (Å²) in [6.07, 6.45) is 15.0. The van der Waals surface area contributed by atoms with Gasteiger partial charge in [0.15, 0.2) is 11.6 Å². The van der Waals surface area contributed by atoms with E-state index in [2.05, 4.69) is 32.8 Å². The highest BCUT2D eigenvalue weighted by Crippen LogP contribution is 2.47. The van der Waals surface area contributed by atoms with Gasteiger partial charge in [-0.05, 0) is 62.9 Å². The lowest BCUT2D eigenvalue weighted by Crippen LogP contribution is -2.50. The Balaban J connectivity index is 1.18. The van der Waals surface area contributed by atoms with Crippen LogP contribution in [0.5, 0.6) is 11.8 Å². The molecular formula is C39H36F3N7O3S. The van der Waals surface area contributed by atoms with Gasteiger partial charge >= 0.3 is 6.01 Å². The number of rotatable bonds is 7. The van der Waals surface area contributed by atoms with Crippen molar-refractivity contribution in [2.45, 2.75) is 38.1 Å². The Hall–Kier alpha value is -5.26. The number of carbonyl (C=O) groups is 1. The molecule has 2 aromatic carbocycles. The normalized spacial score (nSPS) is 20.9. The number of nitrogens with zero attached hydrogens (tertiary/aromatic N) is 7. The number of hydrogen-bond donors (Lipinski definition) is 1. The van der Waals surface area contributed by atoms with E-state index in [1.54, 1.807) is 5.38 Å². The summed E-state index contributed by atoms with van der Waals surface area (Å²) in [5.74, 6) is -0.591. The number of anilines is 1. The summed E-state index contributed by atoms with van der Waals surface area (Å²) in [6, 6.07) is 5.74. The molecule has 5 aromatic rings. The molecule has 0 spiro atoms. The lowest BCUT2D eigenvalue weighted by molar-refractivity contribution is -0.128. The lowest BCUT2D eigenvalue weighted by atomic mass is 9.76. The highest BCUT2D eigenvalue weighted by atomic mass is 32.1. The van der Waals surface area contributed by atoms with Gasteiger partial charge in [-0.3, -0.25) is 9.78 Å². The van der Waals surface area contributed by atoms with Crippen LogP contribution in [0, 0.1) is 29.4 Å². The number of pyridine rings is 1. The first kappa shape index (κ1) is 34.8. The second-order valence-electron chi connectivity index (χ2n) is 14.0. The van der Waals surface area contributed by atoms with Gasteiger partial charge in [0.2, 0.25) is 0 Å². The number of likely N-dealkylation sites (tertiary alicyclic amines) is 1. The molecule has 53 heavy (non-hydrogen) atoms. The molecular weight excluding hydrogens is 704 g/mol. The van der Waals surface area contributed by atoms with Crippen LogP contribution in [0.3, 0.4) is 0 Å². The van der Waals surface area contributed by atoms with Crippen molar-refractivity contribution in [3.8, 4) is 35.4 Å². The minimum Gasteiger partial charge on any atom is -0.508 e. The van der Waals surface area contributed by atoms with Crippen LogP contribution in [0.15, 0.2) is 47.9 Å². The van der Waals surface area contributed by atoms with Gasteiger partial charge < -0.3 is 24.5 Å². The molecule has 3 fully saturated rings. The fourth-order valence-electron chi connectivity index (χ4n) is 8.40. The Bertz CT molecular complexity index is 2310. The van der Waals surface area contributed by atoms with Crippen molar-refractivity contribution in [3.63, 3.8) is 0 Å². The van der Waals surface area contributed by atoms with Crippen LogP contribution >= 0.6 is 11.3 Å². The standard InChI is InChI=1S/C39H36F3N7O3S/c1-3-25-28(40)8-7-23-18-24(50)19-26(32(23)25)34-33(42)35-27(21-44-34)36(46-38(45-35)52-22-39-9-4-6-30(39)47(2)12-5-10-39)48-13-15-49(16-14-48)37(51)29(41)20-31-43-11-17-53-31/h1,7-8,11,17-21,30,50H,4-6,9-10,12-16,22H2,2H3/b29-20-/t30-,39-/m1/s1. The third-order valence-electron chi connectivity index (χ3n) is 10.9. The van der Waals surface area contributed by atoms with E-state index in [4.69, 9.17) is 16.1 Å². The third-order valence-corrected chi connectivity index (χ3v) is 11.7. The third kappa shape index (κ3) is 6.31. The average molecular weight is 740 g/mol. The molecule has 0 bridgehead atoms. The number of carbonyl (C=O) groups excluding carboxylic acids is 1. The molecule has 1 N–H and O–H groups in total. The van der Waals surface area contributed by atoms with Gasteiger partial charge in [0, 0.05) is 72.4 Å². The van der Waals surface area contributed by atoms with Gasteiger partial charge in [0.1, 0.15) is 33.6 Å². The van der Waals surface area contributed by atoms with Crippen LogP contribution in [0.25, 0.3) is 39.0 Å². The monoisotopic (exact) mass is 739 g/mol. The fraction of sp³-hybridized carbons (Fsp3) is 0.359. The van der Waals surface area contributed by atoms with Crippen molar-refractivity contribution in [3.05, 3.63) is 70.1 Å². The van der Waals surface area contributed by atoms with Crippen molar-refractivity contribution >= 4 is 50.8 Å². The summed E-state index contributed by atoms with van der Waals surface area (Å²) in [5, 5.41) is 13.6. The van der Waals surface area contributed by atoms with Crippen molar-refractivity contribution in [1.29, 1.82) is 0 Å². The summed E-state index contributed by atoms with van der Waals surface area (Å²) < 4.78 is 53.2. The first-order valence-corrected chi connectivity index (χ1v) is 18.5. The molecule has 8 rings (SSSR count). The molecule has 2 saturated heterocycles. The predicted molar refractivity (Wildman–Crippen MR) is 197 cm³/mol. The topological polar surface area (TPSA) is 108 Å². The number of piperazine rings is 1. The highest BCUT2D eigenvalue weighted by Gasteiger charge is 2.47. The maximum absolute atomic E-state index is 17.0. The second-order valence-corrected chi connectivity index (χ2v) is 14.9. The van der Waals surface area contributed by atoms with Crippen LogP contribution in [-0.4, -0.2) is 93.2 Å². The molecule has 1 amide bonds. The molecule has 0 radical (unpaired) electrons. The number of piperidine rings is 1. The first-order chi connectivity index (χ1) is 25.7. The van der Waals surface area contributed by atoms with Crippen molar-refractivity contribution in [2.75, 3.05) is 51.3 Å². The van der Waals surface area contributed by atoms with Gasteiger partial charge in [0.25, 0.3) is 5.91 Å². The number of fused-ring (bicyclic) bond motifs is 3. The Morgan fingerprint density at radius 2 is 1.94 bits per heavy atom. The van der Waals surface area contributed by atoms with E-state index >= 15 is 4.39 Å². The predicted octanol–water partition coefficient (Wildman–Crippen LogP) is 6.57. The average Bonchev–Trinajstić information content (AvgIpc) is 3.85. The highest BCUT2D eigenvalue weighted by molar-refractivity contribution is 7.10. The van der Waals surface area contributed by atoms with Crippen LogP contribution in [0.4, 0.5) is 19.0 Å². The molecule has 272 valence electrons. The zero-order valence-electron chi connectivity index (χ0n) is 29.0. The molecule has 14 heteroatoms. The van der Waals surface area contributed by atoms with E-state index in [1.807, 2.05) is 4.90 Å². The molecule has 10 nitrogen and oxygen atoms in total. The van der Waals surface area contributed by atoms with Crippen LogP contribution in [-0.2, 0) is 4.79 Å². The van der Waals surface area contributed by atoms with Gasteiger partial charge in [-0.1, -0.05) is 18.4 Å². The Morgan fingerprint density at radius 1 is 1.13 bits per heavy atom. The second kappa shape index (κ2) is 13.9. The zero-order chi connectivity index (χ0) is 36.9. The molecule has 3 aliphatic rings. The van der Waals surface area contributed by atoms with E-state index in [-0.39, 0.29) is 76.5 Å². The number of terminal acetylenes is 1. The molecule has 2 atom stereocenters. The molecule has 1 saturated carbocycles. The Kier molecular flexibility index (Phi) is 9.16. The van der Waals surface area contributed by atoms with E-state index < -0.39 is 23.4 Å². The Labute approximate surface area is 307 Å². The molecule has 1 aliphatic carbocycles. The van der Waals surface area contributed by atoms with Gasteiger partial charge in [0.05, 0.1) is 17.6 Å². The van der Waals surface area contributed by atoms with Crippen LogP contribution in [0.2, 0.25) is 0 Å². The Morgan fingerprint density at radius 3 is 2.72 bits per heavy atom. The van der Waals surface area contributed by atoms with E-state index in [1.165, 1.54) is 52.9 Å². The summed E-state index contributed by atoms with van der Waals surface area (Å²) in [4.78, 5) is 36.6. The first-order valence-electron chi connectivity index (χ1n) is 17.6. The largest absolute Gasteiger partial charge is 0.508 e. The van der Waals surface area contributed by atoms with Crippen molar-refractivity contribution in [2.24, 2.45) is 5.41 Å².